The molecule has 2 N–H and O–H groups in total. The molecular formula is C16H29N3. The molecular weight excluding hydrogens is 234 g/mol. The van der Waals surface area contributed by atoms with Gasteiger partial charge in [0.2, 0.25) is 0 Å². The zero-order chi connectivity index (χ0) is 14.0. The van der Waals surface area contributed by atoms with Gasteiger partial charge in [-0.05, 0) is 19.3 Å². The van der Waals surface area contributed by atoms with Crippen LogP contribution in [0.15, 0.2) is 0 Å². The average molecular weight is 263 g/mol. The normalized spacial score (nSPS) is 17.3. The molecule has 0 atom stereocenters. The van der Waals surface area contributed by atoms with Gasteiger partial charge in [-0.3, -0.25) is 0 Å². The predicted molar refractivity (Wildman–Crippen MR) is 81.5 cm³/mol. The second kappa shape index (κ2) is 5.56. The summed E-state index contributed by atoms with van der Waals surface area (Å²) in [5.74, 6) is 2.70. The summed E-state index contributed by atoms with van der Waals surface area (Å²) in [7, 11) is 0. The summed E-state index contributed by atoms with van der Waals surface area (Å²) in [6.45, 7) is 9.93. The number of hydrogen-bond acceptors (Lipinski definition) is 2. The van der Waals surface area contributed by atoms with Gasteiger partial charge in [-0.15, -0.1) is 0 Å². The molecule has 0 unspecified atom stereocenters. The molecule has 1 heterocycles. The highest BCUT2D eigenvalue weighted by atomic mass is 15.2. The SMILES string of the molecule is CCCCn1c(C(C)(C)C)nc(C2CCCC2)c1N. The molecule has 19 heavy (non-hydrogen) atoms. The minimum atomic E-state index is 0.0682. The number of rotatable bonds is 4. The molecule has 1 fully saturated rings. The summed E-state index contributed by atoms with van der Waals surface area (Å²) in [6, 6.07) is 0. The van der Waals surface area contributed by atoms with Gasteiger partial charge in [0.05, 0.1) is 5.69 Å². The molecule has 1 aliphatic rings. The highest BCUT2D eigenvalue weighted by molar-refractivity contribution is 5.42. The van der Waals surface area contributed by atoms with E-state index >= 15 is 0 Å². The van der Waals surface area contributed by atoms with E-state index in [-0.39, 0.29) is 5.41 Å². The van der Waals surface area contributed by atoms with Gasteiger partial charge in [0.25, 0.3) is 0 Å². The van der Waals surface area contributed by atoms with Crippen LogP contribution in [0.2, 0.25) is 0 Å². The molecule has 0 amide bonds. The van der Waals surface area contributed by atoms with E-state index in [2.05, 4.69) is 32.3 Å². The number of hydrogen-bond donors (Lipinski definition) is 1. The molecule has 0 saturated heterocycles. The Kier molecular flexibility index (Phi) is 4.22. The van der Waals surface area contributed by atoms with E-state index in [4.69, 9.17) is 10.7 Å². The lowest BCUT2D eigenvalue weighted by Gasteiger charge is -2.20. The standard InChI is InChI=1S/C16H29N3/c1-5-6-11-19-14(17)13(12-9-7-8-10-12)18-15(19)16(2,3)4/h12H,5-11,17H2,1-4H3. The fourth-order valence-electron chi connectivity index (χ4n) is 3.10. The number of imidazole rings is 1. The predicted octanol–water partition coefficient (Wildman–Crippen LogP) is 4.22. The smallest absolute Gasteiger partial charge is 0.127 e. The van der Waals surface area contributed by atoms with Crippen molar-refractivity contribution < 1.29 is 0 Å². The first-order valence-corrected chi connectivity index (χ1v) is 7.81. The molecule has 2 rings (SSSR count). The first-order chi connectivity index (χ1) is 8.95. The third-order valence-corrected chi connectivity index (χ3v) is 4.18. The van der Waals surface area contributed by atoms with Crippen LogP contribution in [0.5, 0.6) is 0 Å². The van der Waals surface area contributed by atoms with Crippen LogP contribution in [-0.4, -0.2) is 9.55 Å². The van der Waals surface area contributed by atoms with E-state index in [9.17, 15) is 0 Å². The van der Waals surface area contributed by atoms with Gasteiger partial charge in [-0.1, -0.05) is 47.0 Å². The molecule has 3 heteroatoms. The Morgan fingerprint density at radius 2 is 1.89 bits per heavy atom. The van der Waals surface area contributed by atoms with Crippen molar-refractivity contribution in [2.75, 3.05) is 5.73 Å². The summed E-state index contributed by atoms with van der Waals surface area (Å²) in [6.07, 6.45) is 7.55. The quantitative estimate of drug-likeness (QED) is 0.884. The van der Waals surface area contributed by atoms with Gasteiger partial charge in [-0.25, -0.2) is 4.98 Å². The van der Waals surface area contributed by atoms with Gasteiger partial charge in [-0.2, -0.15) is 0 Å². The van der Waals surface area contributed by atoms with Crippen LogP contribution >= 0.6 is 0 Å². The van der Waals surface area contributed by atoms with Crippen molar-refractivity contribution in [1.29, 1.82) is 0 Å². The molecule has 0 radical (unpaired) electrons. The highest BCUT2D eigenvalue weighted by Crippen LogP contribution is 2.38. The van der Waals surface area contributed by atoms with Crippen LogP contribution in [0.1, 0.15) is 83.7 Å². The van der Waals surface area contributed by atoms with E-state index in [0.29, 0.717) is 5.92 Å². The first kappa shape index (κ1) is 14.4. The monoisotopic (exact) mass is 263 g/mol. The number of unbranched alkanes of at least 4 members (excludes halogenated alkanes) is 1. The average Bonchev–Trinajstić information content (AvgIpc) is 2.93. The Morgan fingerprint density at radius 3 is 2.42 bits per heavy atom. The molecule has 1 aromatic heterocycles. The minimum Gasteiger partial charge on any atom is -0.384 e. The van der Waals surface area contributed by atoms with E-state index in [1.165, 1.54) is 50.0 Å². The van der Waals surface area contributed by atoms with Crippen LogP contribution in [0.25, 0.3) is 0 Å². The lowest BCUT2D eigenvalue weighted by atomic mass is 9.95. The third-order valence-electron chi connectivity index (χ3n) is 4.18. The minimum absolute atomic E-state index is 0.0682. The second-order valence-corrected chi connectivity index (χ2v) is 6.94. The lowest BCUT2D eigenvalue weighted by molar-refractivity contribution is 0.490. The molecule has 0 spiro atoms. The van der Waals surface area contributed by atoms with Crippen molar-refractivity contribution in [3.8, 4) is 0 Å². The zero-order valence-electron chi connectivity index (χ0n) is 13.0. The summed E-state index contributed by atoms with van der Waals surface area (Å²) in [5, 5.41) is 0. The molecule has 1 aromatic rings. The topological polar surface area (TPSA) is 43.8 Å². The molecule has 0 aliphatic heterocycles. The van der Waals surface area contributed by atoms with Crippen LogP contribution in [-0.2, 0) is 12.0 Å². The van der Waals surface area contributed by atoms with Crippen molar-refractivity contribution in [2.24, 2.45) is 0 Å². The van der Waals surface area contributed by atoms with Gasteiger partial charge in [0, 0.05) is 17.9 Å². The number of nitrogens with two attached hydrogens (primary N) is 1. The fourth-order valence-corrected chi connectivity index (χ4v) is 3.10. The molecule has 3 nitrogen and oxygen atoms in total. The zero-order valence-corrected chi connectivity index (χ0v) is 13.0. The Balaban J connectivity index is 2.37. The fraction of sp³-hybridized carbons (Fsp3) is 0.812. The summed E-state index contributed by atoms with van der Waals surface area (Å²) >= 11 is 0. The Morgan fingerprint density at radius 1 is 1.26 bits per heavy atom. The Labute approximate surface area is 117 Å². The summed E-state index contributed by atoms with van der Waals surface area (Å²) in [4.78, 5) is 4.95. The summed E-state index contributed by atoms with van der Waals surface area (Å²) < 4.78 is 2.27. The molecule has 0 aromatic carbocycles. The van der Waals surface area contributed by atoms with Gasteiger partial charge in [0.15, 0.2) is 0 Å². The highest BCUT2D eigenvalue weighted by Gasteiger charge is 2.29. The third kappa shape index (κ3) is 2.96. The van der Waals surface area contributed by atoms with Crippen molar-refractivity contribution in [2.45, 2.75) is 84.1 Å². The molecule has 108 valence electrons. The number of aromatic nitrogens is 2. The van der Waals surface area contributed by atoms with Crippen molar-refractivity contribution >= 4 is 5.82 Å². The second-order valence-electron chi connectivity index (χ2n) is 6.94. The van der Waals surface area contributed by atoms with Gasteiger partial charge >= 0.3 is 0 Å². The van der Waals surface area contributed by atoms with Crippen LogP contribution in [0, 0.1) is 0 Å². The first-order valence-electron chi connectivity index (χ1n) is 7.81. The van der Waals surface area contributed by atoms with Crippen LogP contribution < -0.4 is 5.73 Å². The van der Waals surface area contributed by atoms with E-state index < -0.39 is 0 Å². The largest absolute Gasteiger partial charge is 0.384 e. The molecule has 1 saturated carbocycles. The maximum Gasteiger partial charge on any atom is 0.127 e. The maximum absolute atomic E-state index is 6.42. The Hall–Kier alpha value is -0.990. The maximum atomic E-state index is 6.42. The number of nitrogen functional groups attached to an aromatic ring is 1. The van der Waals surface area contributed by atoms with Crippen molar-refractivity contribution in [1.82, 2.24) is 9.55 Å². The number of anilines is 1. The van der Waals surface area contributed by atoms with E-state index in [0.717, 1.165) is 12.4 Å². The van der Waals surface area contributed by atoms with Crippen LogP contribution in [0.4, 0.5) is 5.82 Å². The van der Waals surface area contributed by atoms with E-state index in [1.54, 1.807) is 0 Å². The van der Waals surface area contributed by atoms with Gasteiger partial charge in [0.1, 0.15) is 11.6 Å². The van der Waals surface area contributed by atoms with Gasteiger partial charge < -0.3 is 10.3 Å². The summed E-state index contributed by atoms with van der Waals surface area (Å²) in [5.41, 5.74) is 7.67. The molecule has 0 bridgehead atoms. The lowest BCUT2D eigenvalue weighted by Crippen LogP contribution is -2.20. The van der Waals surface area contributed by atoms with Crippen molar-refractivity contribution in [3.63, 3.8) is 0 Å². The van der Waals surface area contributed by atoms with E-state index in [1.807, 2.05) is 0 Å². The Bertz CT molecular complexity index is 420. The van der Waals surface area contributed by atoms with Crippen LogP contribution in [0.3, 0.4) is 0 Å². The number of nitrogens with zero attached hydrogens (tertiary/aromatic N) is 2. The molecule has 1 aliphatic carbocycles. The van der Waals surface area contributed by atoms with Crippen molar-refractivity contribution in [3.05, 3.63) is 11.5 Å².